The molecule has 2 N–H and O–H groups in total. The summed E-state index contributed by atoms with van der Waals surface area (Å²) >= 11 is 0. The molecule has 0 saturated carbocycles. The van der Waals surface area contributed by atoms with Crippen LogP contribution < -0.4 is 5.32 Å². The maximum atomic E-state index is 12.2. The molecular formula is C15H17F3N2O3. The Labute approximate surface area is 131 Å². The van der Waals surface area contributed by atoms with Crippen molar-refractivity contribution in [2.75, 3.05) is 19.6 Å². The number of amides is 1. The van der Waals surface area contributed by atoms with E-state index in [9.17, 15) is 27.9 Å². The van der Waals surface area contributed by atoms with Gasteiger partial charge in [0.15, 0.2) is 0 Å². The van der Waals surface area contributed by atoms with Gasteiger partial charge in [0, 0.05) is 32.1 Å². The van der Waals surface area contributed by atoms with Gasteiger partial charge in [0.25, 0.3) is 0 Å². The van der Waals surface area contributed by atoms with Crippen molar-refractivity contribution in [3.63, 3.8) is 0 Å². The monoisotopic (exact) mass is 330 g/mol. The highest BCUT2D eigenvalue weighted by Gasteiger charge is 2.41. The molecule has 2 atom stereocenters. The number of hydrogen-bond acceptors (Lipinski definition) is 3. The van der Waals surface area contributed by atoms with Gasteiger partial charge in [-0.2, -0.15) is 13.2 Å². The van der Waals surface area contributed by atoms with Crippen molar-refractivity contribution in [3.8, 4) is 0 Å². The maximum Gasteiger partial charge on any atom is 0.471 e. The van der Waals surface area contributed by atoms with Crippen molar-refractivity contribution in [1.82, 2.24) is 10.2 Å². The first kappa shape index (κ1) is 17.3. The first-order chi connectivity index (χ1) is 10.8. The third kappa shape index (κ3) is 4.69. The summed E-state index contributed by atoms with van der Waals surface area (Å²) in [5.74, 6) is -4.45. The standard InChI is InChI=1S/C15H17F3N2O3/c16-15(17,18)14(23)19-6-11-8-20(9-12(11)13(21)22)7-10-4-2-1-3-5-10/h1-5,11-12H,6-9H2,(H,19,23)(H,21,22)/t11-,12-/m1/s1. The molecule has 8 heteroatoms. The number of nitrogens with one attached hydrogen (secondary N) is 1. The number of aliphatic carboxylic acids is 1. The highest BCUT2D eigenvalue weighted by Crippen LogP contribution is 2.25. The molecule has 0 aliphatic carbocycles. The second-order valence-electron chi connectivity index (χ2n) is 5.59. The second kappa shape index (κ2) is 6.99. The summed E-state index contributed by atoms with van der Waals surface area (Å²) in [5, 5.41) is 11.0. The van der Waals surface area contributed by atoms with Gasteiger partial charge in [0.2, 0.25) is 0 Å². The zero-order chi connectivity index (χ0) is 17.0. The first-order valence-electron chi connectivity index (χ1n) is 7.11. The van der Waals surface area contributed by atoms with Gasteiger partial charge in [-0.3, -0.25) is 14.5 Å². The molecule has 5 nitrogen and oxygen atoms in total. The number of carboxylic acid groups (broad SMARTS) is 1. The molecule has 126 valence electrons. The number of likely N-dealkylation sites (tertiary alicyclic amines) is 1. The van der Waals surface area contributed by atoms with Gasteiger partial charge >= 0.3 is 18.1 Å². The summed E-state index contributed by atoms with van der Waals surface area (Å²) in [6.07, 6.45) is -4.96. The lowest BCUT2D eigenvalue weighted by atomic mass is 9.96. The normalized spacial score (nSPS) is 22.0. The quantitative estimate of drug-likeness (QED) is 0.858. The third-order valence-electron chi connectivity index (χ3n) is 3.87. The number of hydrogen-bond donors (Lipinski definition) is 2. The minimum absolute atomic E-state index is 0.247. The van der Waals surface area contributed by atoms with E-state index in [4.69, 9.17) is 0 Å². The number of alkyl halides is 3. The predicted octanol–water partition coefficient (Wildman–Crippen LogP) is 1.50. The summed E-state index contributed by atoms with van der Waals surface area (Å²) in [7, 11) is 0. The minimum Gasteiger partial charge on any atom is -0.481 e. The van der Waals surface area contributed by atoms with E-state index in [1.54, 1.807) is 5.32 Å². The van der Waals surface area contributed by atoms with Crippen LogP contribution in [0.15, 0.2) is 30.3 Å². The Hall–Kier alpha value is -2.09. The molecule has 0 unspecified atom stereocenters. The Morgan fingerprint density at radius 2 is 1.87 bits per heavy atom. The summed E-state index contributed by atoms with van der Waals surface area (Å²) in [6, 6.07) is 9.38. The number of nitrogens with zero attached hydrogens (tertiary/aromatic N) is 1. The molecule has 0 bridgehead atoms. The fourth-order valence-corrected chi connectivity index (χ4v) is 2.74. The van der Waals surface area contributed by atoms with E-state index in [1.165, 1.54) is 0 Å². The van der Waals surface area contributed by atoms with Crippen molar-refractivity contribution in [1.29, 1.82) is 0 Å². The Morgan fingerprint density at radius 1 is 1.22 bits per heavy atom. The molecule has 1 amide bonds. The lowest BCUT2D eigenvalue weighted by Gasteiger charge is -2.17. The molecule has 23 heavy (non-hydrogen) atoms. The fraction of sp³-hybridized carbons (Fsp3) is 0.467. The Balaban J connectivity index is 1.95. The Morgan fingerprint density at radius 3 is 2.43 bits per heavy atom. The summed E-state index contributed by atoms with van der Waals surface area (Å²) in [6.45, 7) is 0.787. The van der Waals surface area contributed by atoms with Crippen molar-refractivity contribution >= 4 is 11.9 Å². The molecule has 0 aromatic heterocycles. The summed E-state index contributed by atoms with van der Waals surface area (Å²) in [5.41, 5.74) is 0.997. The van der Waals surface area contributed by atoms with Crippen molar-refractivity contribution < 1.29 is 27.9 Å². The molecule has 1 fully saturated rings. The largest absolute Gasteiger partial charge is 0.481 e. The maximum absolute atomic E-state index is 12.2. The van der Waals surface area contributed by atoms with Crippen LogP contribution in [0.1, 0.15) is 5.56 Å². The SMILES string of the molecule is O=C(O)[C@@H]1CN(Cc2ccccc2)C[C@H]1CNC(=O)C(F)(F)F. The van der Waals surface area contributed by atoms with Crippen LogP contribution in [-0.4, -0.2) is 47.7 Å². The van der Waals surface area contributed by atoms with Crippen LogP contribution in [0.5, 0.6) is 0 Å². The van der Waals surface area contributed by atoms with Gasteiger partial charge < -0.3 is 10.4 Å². The van der Waals surface area contributed by atoms with Gasteiger partial charge in [-0.15, -0.1) is 0 Å². The molecule has 2 rings (SSSR count). The van der Waals surface area contributed by atoms with Gasteiger partial charge in [-0.1, -0.05) is 30.3 Å². The van der Waals surface area contributed by atoms with Crippen LogP contribution in [0.4, 0.5) is 13.2 Å². The van der Waals surface area contributed by atoms with Crippen LogP contribution in [0.3, 0.4) is 0 Å². The van der Waals surface area contributed by atoms with Crippen molar-refractivity contribution in [2.45, 2.75) is 12.7 Å². The van der Waals surface area contributed by atoms with E-state index in [2.05, 4.69) is 0 Å². The number of benzene rings is 1. The van der Waals surface area contributed by atoms with Gasteiger partial charge in [0.05, 0.1) is 5.92 Å². The van der Waals surface area contributed by atoms with Crippen LogP contribution in [-0.2, 0) is 16.1 Å². The fourth-order valence-electron chi connectivity index (χ4n) is 2.74. The summed E-state index contributed by atoms with van der Waals surface area (Å²) < 4.78 is 36.6. The van der Waals surface area contributed by atoms with Crippen LogP contribution in [0.2, 0.25) is 0 Å². The smallest absolute Gasteiger partial charge is 0.471 e. The van der Waals surface area contributed by atoms with Gasteiger partial charge in [-0.05, 0) is 5.56 Å². The predicted molar refractivity (Wildman–Crippen MR) is 75.4 cm³/mol. The lowest BCUT2D eigenvalue weighted by Crippen LogP contribution is -2.41. The number of carbonyl (C=O) groups excluding carboxylic acids is 1. The average Bonchev–Trinajstić information content (AvgIpc) is 2.88. The molecule has 1 aliphatic heterocycles. The van der Waals surface area contributed by atoms with Gasteiger partial charge in [-0.25, -0.2) is 0 Å². The zero-order valence-corrected chi connectivity index (χ0v) is 12.2. The Kier molecular flexibility index (Phi) is 5.25. The number of halogens is 3. The van der Waals surface area contributed by atoms with E-state index >= 15 is 0 Å². The molecular weight excluding hydrogens is 313 g/mol. The van der Waals surface area contributed by atoms with E-state index in [-0.39, 0.29) is 13.1 Å². The highest BCUT2D eigenvalue weighted by molar-refractivity contribution is 5.81. The summed E-state index contributed by atoms with van der Waals surface area (Å²) in [4.78, 5) is 24.0. The number of carbonyl (C=O) groups is 2. The molecule has 0 radical (unpaired) electrons. The lowest BCUT2D eigenvalue weighted by molar-refractivity contribution is -0.173. The van der Waals surface area contributed by atoms with Crippen LogP contribution >= 0.6 is 0 Å². The van der Waals surface area contributed by atoms with E-state index in [0.29, 0.717) is 13.1 Å². The third-order valence-corrected chi connectivity index (χ3v) is 3.87. The second-order valence-corrected chi connectivity index (χ2v) is 5.59. The van der Waals surface area contributed by atoms with E-state index in [1.807, 2.05) is 35.2 Å². The first-order valence-corrected chi connectivity index (χ1v) is 7.11. The molecule has 1 heterocycles. The van der Waals surface area contributed by atoms with Crippen LogP contribution in [0.25, 0.3) is 0 Å². The van der Waals surface area contributed by atoms with E-state index in [0.717, 1.165) is 5.56 Å². The van der Waals surface area contributed by atoms with Crippen molar-refractivity contribution in [3.05, 3.63) is 35.9 Å². The molecule has 0 spiro atoms. The highest BCUT2D eigenvalue weighted by atomic mass is 19.4. The topological polar surface area (TPSA) is 69.6 Å². The molecule has 1 aromatic carbocycles. The molecule has 1 aromatic rings. The van der Waals surface area contributed by atoms with E-state index < -0.39 is 29.9 Å². The van der Waals surface area contributed by atoms with Crippen molar-refractivity contribution in [2.24, 2.45) is 11.8 Å². The molecule has 1 aliphatic rings. The number of rotatable bonds is 5. The van der Waals surface area contributed by atoms with Gasteiger partial charge in [0.1, 0.15) is 0 Å². The van der Waals surface area contributed by atoms with Crippen LogP contribution in [0, 0.1) is 11.8 Å². The minimum atomic E-state index is -4.96. The zero-order valence-electron chi connectivity index (χ0n) is 12.2. The number of carboxylic acids is 1. The molecule has 1 saturated heterocycles. The Bertz CT molecular complexity index is 563. The average molecular weight is 330 g/mol.